The second kappa shape index (κ2) is 3.32. The number of likely N-dealkylation sites (N-methyl/N-ethyl adjacent to an activating group) is 2. The SMILES string of the molecule is CN1CCN(C)[C@H](C(C)(C)O)C1. The molecule has 3 nitrogen and oxygen atoms in total. The number of piperazine rings is 1. The van der Waals surface area contributed by atoms with Crippen molar-refractivity contribution >= 4 is 0 Å². The van der Waals surface area contributed by atoms with Crippen molar-refractivity contribution in [1.29, 1.82) is 0 Å². The minimum Gasteiger partial charge on any atom is -0.389 e. The molecule has 1 saturated heterocycles. The molecule has 1 N–H and O–H groups in total. The van der Waals surface area contributed by atoms with E-state index < -0.39 is 5.60 Å². The first-order valence-electron chi connectivity index (χ1n) is 4.52. The van der Waals surface area contributed by atoms with Crippen molar-refractivity contribution < 1.29 is 5.11 Å². The molecule has 0 amide bonds. The third-order valence-electron chi connectivity index (χ3n) is 2.67. The first-order chi connectivity index (χ1) is 5.41. The Morgan fingerprint density at radius 1 is 1.25 bits per heavy atom. The third-order valence-corrected chi connectivity index (χ3v) is 2.67. The number of hydrogen-bond donors (Lipinski definition) is 1. The van der Waals surface area contributed by atoms with Crippen molar-refractivity contribution in [3.05, 3.63) is 0 Å². The predicted molar refractivity (Wildman–Crippen MR) is 50.2 cm³/mol. The van der Waals surface area contributed by atoms with E-state index in [9.17, 15) is 5.11 Å². The van der Waals surface area contributed by atoms with E-state index in [1.807, 2.05) is 13.8 Å². The highest BCUT2D eigenvalue weighted by Crippen LogP contribution is 2.18. The molecule has 3 heteroatoms. The summed E-state index contributed by atoms with van der Waals surface area (Å²) in [6.07, 6.45) is 0. The van der Waals surface area contributed by atoms with Gasteiger partial charge in [0.15, 0.2) is 0 Å². The molecule has 0 aromatic carbocycles. The number of aliphatic hydroxyl groups is 1. The molecule has 1 rings (SSSR count). The molecule has 1 fully saturated rings. The maximum atomic E-state index is 9.86. The molecule has 0 unspecified atom stereocenters. The molecule has 12 heavy (non-hydrogen) atoms. The Balaban J connectivity index is 2.61. The Kier molecular flexibility index (Phi) is 2.76. The van der Waals surface area contributed by atoms with Gasteiger partial charge in [-0.3, -0.25) is 4.90 Å². The highest BCUT2D eigenvalue weighted by molar-refractivity contribution is 4.89. The highest BCUT2D eigenvalue weighted by atomic mass is 16.3. The van der Waals surface area contributed by atoms with Gasteiger partial charge >= 0.3 is 0 Å². The summed E-state index contributed by atoms with van der Waals surface area (Å²) >= 11 is 0. The van der Waals surface area contributed by atoms with Crippen molar-refractivity contribution in [1.82, 2.24) is 9.80 Å². The summed E-state index contributed by atoms with van der Waals surface area (Å²) in [7, 11) is 4.18. The van der Waals surface area contributed by atoms with Crippen LogP contribution in [0.2, 0.25) is 0 Å². The smallest absolute Gasteiger partial charge is 0.0758 e. The molecule has 1 heterocycles. The zero-order valence-electron chi connectivity index (χ0n) is 8.54. The van der Waals surface area contributed by atoms with Crippen LogP contribution in [0.5, 0.6) is 0 Å². The van der Waals surface area contributed by atoms with Crippen LogP contribution in [0.15, 0.2) is 0 Å². The van der Waals surface area contributed by atoms with Gasteiger partial charge in [-0.2, -0.15) is 0 Å². The fourth-order valence-corrected chi connectivity index (χ4v) is 1.77. The van der Waals surface area contributed by atoms with Crippen LogP contribution in [0.1, 0.15) is 13.8 Å². The van der Waals surface area contributed by atoms with Crippen molar-refractivity contribution in [3.8, 4) is 0 Å². The summed E-state index contributed by atoms with van der Waals surface area (Å²) in [5.41, 5.74) is -0.594. The van der Waals surface area contributed by atoms with Gasteiger partial charge in [0.2, 0.25) is 0 Å². The molecule has 1 atom stereocenters. The average Bonchev–Trinajstić information content (AvgIpc) is 1.92. The van der Waals surface area contributed by atoms with E-state index in [2.05, 4.69) is 23.9 Å². The summed E-state index contributed by atoms with van der Waals surface area (Å²) < 4.78 is 0. The van der Waals surface area contributed by atoms with Crippen LogP contribution >= 0.6 is 0 Å². The molecule has 0 aromatic heterocycles. The monoisotopic (exact) mass is 172 g/mol. The van der Waals surface area contributed by atoms with Crippen LogP contribution in [-0.2, 0) is 0 Å². The Hall–Kier alpha value is -0.120. The van der Waals surface area contributed by atoms with Crippen molar-refractivity contribution in [2.75, 3.05) is 33.7 Å². The van der Waals surface area contributed by atoms with Crippen molar-refractivity contribution in [3.63, 3.8) is 0 Å². The van der Waals surface area contributed by atoms with Gasteiger partial charge in [0, 0.05) is 19.6 Å². The van der Waals surface area contributed by atoms with Gasteiger partial charge in [-0.1, -0.05) is 0 Å². The van der Waals surface area contributed by atoms with Gasteiger partial charge in [0.05, 0.1) is 11.6 Å². The summed E-state index contributed by atoms with van der Waals surface area (Å²) in [6, 6.07) is 0.260. The Labute approximate surface area is 75.0 Å². The minimum absolute atomic E-state index is 0.260. The molecule has 1 aliphatic rings. The summed E-state index contributed by atoms with van der Waals surface area (Å²) in [4.78, 5) is 4.50. The van der Waals surface area contributed by atoms with Gasteiger partial charge in [-0.15, -0.1) is 0 Å². The number of rotatable bonds is 1. The van der Waals surface area contributed by atoms with E-state index in [-0.39, 0.29) is 6.04 Å². The zero-order chi connectivity index (χ0) is 9.35. The molecule has 72 valence electrons. The van der Waals surface area contributed by atoms with Gasteiger partial charge in [-0.05, 0) is 27.9 Å². The van der Waals surface area contributed by atoms with E-state index in [0.29, 0.717) is 0 Å². The molecule has 0 radical (unpaired) electrons. The number of hydrogen-bond acceptors (Lipinski definition) is 3. The van der Waals surface area contributed by atoms with Crippen molar-refractivity contribution in [2.24, 2.45) is 0 Å². The van der Waals surface area contributed by atoms with Crippen LogP contribution in [-0.4, -0.2) is 60.3 Å². The maximum Gasteiger partial charge on any atom is 0.0758 e. The molecule has 0 spiro atoms. The van der Waals surface area contributed by atoms with Crippen molar-refractivity contribution in [2.45, 2.75) is 25.5 Å². The third kappa shape index (κ3) is 2.19. The van der Waals surface area contributed by atoms with Gasteiger partial charge < -0.3 is 10.0 Å². The molecular formula is C9H20N2O. The fraction of sp³-hybridized carbons (Fsp3) is 1.00. The first kappa shape index (κ1) is 9.96. The second-order valence-electron chi connectivity index (χ2n) is 4.41. The van der Waals surface area contributed by atoms with Crippen LogP contribution in [0.4, 0.5) is 0 Å². The Bertz CT molecular complexity index is 153. The molecule has 0 saturated carbocycles. The quantitative estimate of drug-likeness (QED) is 0.603. The van der Waals surface area contributed by atoms with Gasteiger partial charge in [-0.25, -0.2) is 0 Å². The molecule has 0 aromatic rings. The largest absolute Gasteiger partial charge is 0.389 e. The minimum atomic E-state index is -0.594. The van der Waals surface area contributed by atoms with E-state index in [1.54, 1.807) is 0 Å². The summed E-state index contributed by atoms with van der Waals surface area (Å²) in [5, 5.41) is 9.86. The van der Waals surface area contributed by atoms with Crippen LogP contribution in [0, 0.1) is 0 Å². The Morgan fingerprint density at radius 3 is 2.25 bits per heavy atom. The van der Waals surface area contributed by atoms with Crippen LogP contribution in [0.25, 0.3) is 0 Å². The lowest BCUT2D eigenvalue weighted by molar-refractivity contribution is -0.0422. The first-order valence-corrected chi connectivity index (χ1v) is 4.52. The molecule has 0 bridgehead atoms. The van der Waals surface area contributed by atoms with Crippen LogP contribution in [0.3, 0.4) is 0 Å². The van der Waals surface area contributed by atoms with E-state index in [0.717, 1.165) is 19.6 Å². The highest BCUT2D eigenvalue weighted by Gasteiger charge is 2.33. The Morgan fingerprint density at radius 2 is 1.83 bits per heavy atom. The van der Waals surface area contributed by atoms with E-state index in [4.69, 9.17) is 0 Å². The number of nitrogens with zero attached hydrogens (tertiary/aromatic N) is 2. The average molecular weight is 172 g/mol. The molecular weight excluding hydrogens is 152 g/mol. The molecule has 0 aliphatic carbocycles. The van der Waals surface area contributed by atoms with E-state index in [1.165, 1.54) is 0 Å². The zero-order valence-corrected chi connectivity index (χ0v) is 8.54. The lowest BCUT2D eigenvalue weighted by Gasteiger charge is -2.43. The van der Waals surface area contributed by atoms with Crippen LogP contribution < -0.4 is 0 Å². The summed E-state index contributed by atoms with van der Waals surface area (Å²) in [6.45, 7) is 6.87. The maximum absolute atomic E-state index is 9.86. The fourth-order valence-electron chi connectivity index (χ4n) is 1.77. The normalized spacial score (nSPS) is 29.2. The molecule has 1 aliphatic heterocycles. The van der Waals surface area contributed by atoms with Gasteiger partial charge in [0.1, 0.15) is 0 Å². The predicted octanol–water partition coefficient (Wildman–Crippen LogP) is 0.00310. The van der Waals surface area contributed by atoms with E-state index >= 15 is 0 Å². The lowest BCUT2D eigenvalue weighted by atomic mass is 9.95. The summed E-state index contributed by atoms with van der Waals surface area (Å²) in [5.74, 6) is 0. The topological polar surface area (TPSA) is 26.7 Å². The second-order valence-corrected chi connectivity index (χ2v) is 4.41. The van der Waals surface area contributed by atoms with Gasteiger partial charge in [0.25, 0.3) is 0 Å². The standard InChI is InChI=1S/C9H20N2O/c1-9(2,12)8-7-10(3)5-6-11(8)4/h8,12H,5-7H2,1-4H3/t8-/m0/s1. The lowest BCUT2D eigenvalue weighted by Crippen LogP contribution is -2.58.